The van der Waals surface area contributed by atoms with E-state index in [1.165, 1.54) is 13.8 Å². The average molecular weight is 282 g/mol. The lowest BCUT2D eigenvalue weighted by atomic mass is 10.4. The molecule has 0 saturated carbocycles. The van der Waals surface area contributed by atoms with Gasteiger partial charge in [0.1, 0.15) is 0 Å². The molecule has 0 aromatic rings. The highest BCUT2D eigenvalue weighted by Crippen LogP contribution is 2.28. The number of hydrogen-bond donors (Lipinski definition) is 0. The third-order valence-electron chi connectivity index (χ3n) is 1.78. The van der Waals surface area contributed by atoms with Crippen LogP contribution < -0.4 is 0 Å². The Bertz CT molecular complexity index is 277. The summed E-state index contributed by atoms with van der Waals surface area (Å²) in [5.74, 6) is -1.27. The summed E-state index contributed by atoms with van der Waals surface area (Å²) in [4.78, 5) is 22.4. The number of carbonyl (C=O) groups excluding carboxylic acids is 2. The fourth-order valence-electron chi connectivity index (χ4n) is 0.932. The largest absolute Gasteiger partial charge is 0.464 e. The van der Waals surface area contributed by atoms with Crippen LogP contribution in [0.5, 0.6) is 0 Å². The number of carbonyl (C=O) groups is 2. The van der Waals surface area contributed by atoms with E-state index in [0.717, 1.165) is 0 Å². The predicted octanol–water partition coefficient (Wildman–Crippen LogP) is 1.31. The van der Waals surface area contributed by atoms with Crippen molar-refractivity contribution >= 4 is 20.2 Å². The molecule has 0 aromatic heterocycles. The van der Waals surface area contributed by atoms with E-state index in [9.17, 15) is 14.2 Å². The zero-order valence-electron chi connectivity index (χ0n) is 10.9. The maximum absolute atomic E-state index is 11.4. The van der Waals surface area contributed by atoms with Crippen LogP contribution in [0.3, 0.4) is 0 Å². The maximum Gasteiger partial charge on any atom is 0.335 e. The smallest absolute Gasteiger partial charge is 0.335 e. The van der Waals surface area contributed by atoms with Gasteiger partial charge >= 0.3 is 20.2 Å². The van der Waals surface area contributed by atoms with Crippen molar-refractivity contribution < 1.29 is 32.7 Å². The van der Waals surface area contributed by atoms with Crippen LogP contribution in [-0.4, -0.2) is 37.4 Å². The molecule has 0 bridgehead atoms. The van der Waals surface area contributed by atoms with E-state index < -0.39 is 32.4 Å². The van der Waals surface area contributed by atoms with Crippen molar-refractivity contribution in [2.75, 3.05) is 13.2 Å². The van der Waals surface area contributed by atoms with Crippen LogP contribution in [-0.2, 0) is 32.7 Å². The van der Waals surface area contributed by atoms with Gasteiger partial charge in [-0.3, -0.25) is 13.6 Å². The molecular formula is C10H19O7P. The molecule has 0 spiro atoms. The highest BCUT2D eigenvalue weighted by Gasteiger charge is 2.22. The Labute approximate surface area is 107 Å². The monoisotopic (exact) mass is 282 g/mol. The molecule has 2 unspecified atom stereocenters. The Kier molecular flexibility index (Phi) is 8.62. The van der Waals surface area contributed by atoms with Crippen molar-refractivity contribution in [3.05, 3.63) is 0 Å². The SMILES string of the molecule is CCOC(=O)C(C)O[PH](=O)OC(C)C(=O)OCC. The molecule has 0 N–H and O–H groups in total. The first kappa shape index (κ1) is 17.1. The van der Waals surface area contributed by atoms with Crippen molar-refractivity contribution in [3.63, 3.8) is 0 Å². The van der Waals surface area contributed by atoms with E-state index in [1.807, 2.05) is 0 Å². The molecule has 0 aliphatic rings. The van der Waals surface area contributed by atoms with E-state index in [0.29, 0.717) is 0 Å². The minimum Gasteiger partial charge on any atom is -0.464 e. The third-order valence-corrected chi connectivity index (χ3v) is 2.88. The van der Waals surface area contributed by atoms with Gasteiger partial charge in [-0.25, -0.2) is 9.59 Å². The number of ether oxygens (including phenoxy) is 2. The van der Waals surface area contributed by atoms with Crippen LogP contribution in [0.25, 0.3) is 0 Å². The standard InChI is InChI=1S/C10H19O7P/c1-5-14-9(11)7(3)16-18(13)17-8(4)10(12)15-6-2/h7-8,18H,5-6H2,1-4H3. The molecule has 0 heterocycles. The highest BCUT2D eigenvalue weighted by molar-refractivity contribution is 7.33. The average Bonchev–Trinajstić information content (AvgIpc) is 2.29. The molecule has 18 heavy (non-hydrogen) atoms. The van der Waals surface area contributed by atoms with E-state index in [-0.39, 0.29) is 13.2 Å². The topological polar surface area (TPSA) is 88.1 Å². The lowest BCUT2D eigenvalue weighted by molar-refractivity contribution is -0.152. The summed E-state index contributed by atoms with van der Waals surface area (Å²) in [5.41, 5.74) is 0. The molecule has 106 valence electrons. The van der Waals surface area contributed by atoms with Gasteiger partial charge in [-0.1, -0.05) is 0 Å². The van der Waals surface area contributed by atoms with Crippen LogP contribution in [0.2, 0.25) is 0 Å². The predicted molar refractivity (Wildman–Crippen MR) is 63.4 cm³/mol. The zero-order valence-corrected chi connectivity index (χ0v) is 11.9. The van der Waals surface area contributed by atoms with Gasteiger partial charge in [0.2, 0.25) is 0 Å². The van der Waals surface area contributed by atoms with Crippen LogP contribution in [0.4, 0.5) is 0 Å². The van der Waals surface area contributed by atoms with Crippen LogP contribution in [0.15, 0.2) is 0 Å². The van der Waals surface area contributed by atoms with E-state index >= 15 is 0 Å². The highest BCUT2D eigenvalue weighted by atomic mass is 31.1. The van der Waals surface area contributed by atoms with Gasteiger partial charge < -0.3 is 9.47 Å². The van der Waals surface area contributed by atoms with E-state index in [1.54, 1.807) is 13.8 Å². The summed E-state index contributed by atoms with van der Waals surface area (Å²) in [6, 6.07) is 0. The van der Waals surface area contributed by atoms with E-state index in [2.05, 4.69) is 9.47 Å². The first-order chi connectivity index (χ1) is 8.42. The molecule has 0 radical (unpaired) electrons. The van der Waals surface area contributed by atoms with Gasteiger partial charge in [0.05, 0.1) is 13.2 Å². The summed E-state index contributed by atoms with van der Waals surface area (Å²) < 4.78 is 30.3. The minimum atomic E-state index is -2.96. The van der Waals surface area contributed by atoms with Crippen molar-refractivity contribution in [3.8, 4) is 0 Å². The molecule has 0 fully saturated rings. The Morgan fingerprint density at radius 1 is 0.944 bits per heavy atom. The minimum absolute atomic E-state index is 0.202. The van der Waals surface area contributed by atoms with Gasteiger partial charge in [0.15, 0.2) is 12.2 Å². The van der Waals surface area contributed by atoms with Crippen molar-refractivity contribution in [1.82, 2.24) is 0 Å². The molecule has 0 rings (SSSR count). The molecule has 2 atom stereocenters. The third kappa shape index (κ3) is 6.74. The number of esters is 2. The van der Waals surface area contributed by atoms with Crippen LogP contribution in [0.1, 0.15) is 27.7 Å². The molecule has 0 amide bonds. The fraction of sp³-hybridized carbons (Fsp3) is 0.800. The van der Waals surface area contributed by atoms with Gasteiger partial charge in [-0.15, -0.1) is 0 Å². The second-order valence-corrected chi connectivity index (χ2v) is 4.25. The number of rotatable bonds is 8. The van der Waals surface area contributed by atoms with Crippen molar-refractivity contribution in [2.24, 2.45) is 0 Å². The van der Waals surface area contributed by atoms with Gasteiger partial charge in [0, 0.05) is 0 Å². The lowest BCUT2D eigenvalue weighted by Crippen LogP contribution is -2.24. The van der Waals surface area contributed by atoms with Crippen LogP contribution in [0, 0.1) is 0 Å². The first-order valence-corrected chi connectivity index (χ1v) is 6.85. The summed E-state index contributed by atoms with van der Waals surface area (Å²) >= 11 is 0. The van der Waals surface area contributed by atoms with Crippen molar-refractivity contribution in [1.29, 1.82) is 0 Å². The zero-order chi connectivity index (χ0) is 14.1. The summed E-state index contributed by atoms with van der Waals surface area (Å²) in [5, 5.41) is 0. The molecule has 8 heteroatoms. The molecule has 0 saturated heterocycles. The van der Waals surface area contributed by atoms with E-state index in [4.69, 9.17) is 9.05 Å². The normalized spacial score (nSPS) is 15.6. The molecule has 0 aromatic carbocycles. The second-order valence-electron chi connectivity index (χ2n) is 3.27. The van der Waals surface area contributed by atoms with Crippen LogP contribution >= 0.6 is 8.25 Å². The fourth-order valence-corrected chi connectivity index (χ4v) is 1.76. The first-order valence-electron chi connectivity index (χ1n) is 5.62. The van der Waals surface area contributed by atoms with Gasteiger partial charge in [0.25, 0.3) is 0 Å². The Morgan fingerprint density at radius 3 is 1.56 bits per heavy atom. The quantitative estimate of drug-likeness (QED) is 0.490. The summed E-state index contributed by atoms with van der Waals surface area (Å²) in [6.07, 6.45) is -2.02. The maximum atomic E-state index is 11.4. The summed E-state index contributed by atoms with van der Waals surface area (Å²) in [6.45, 7) is 6.47. The second kappa shape index (κ2) is 9.08. The van der Waals surface area contributed by atoms with Crippen molar-refractivity contribution in [2.45, 2.75) is 39.9 Å². The Hall–Kier alpha value is -0.910. The Balaban J connectivity index is 4.10. The lowest BCUT2D eigenvalue weighted by Gasteiger charge is -2.14. The molecule has 0 aliphatic heterocycles. The van der Waals surface area contributed by atoms with Gasteiger partial charge in [-0.2, -0.15) is 0 Å². The summed E-state index contributed by atoms with van der Waals surface area (Å²) in [7, 11) is -2.96. The Morgan fingerprint density at radius 2 is 1.28 bits per heavy atom. The van der Waals surface area contributed by atoms with Gasteiger partial charge in [-0.05, 0) is 27.7 Å². The molecular weight excluding hydrogens is 263 g/mol. The molecule has 0 aliphatic carbocycles. The molecule has 7 nitrogen and oxygen atoms in total. The number of hydrogen-bond acceptors (Lipinski definition) is 7.